The summed E-state index contributed by atoms with van der Waals surface area (Å²) < 4.78 is 40.0. The van der Waals surface area contributed by atoms with Crippen molar-refractivity contribution in [2.45, 2.75) is 19.1 Å². The molecule has 0 fully saturated rings. The number of amidine groups is 1. The lowest BCUT2D eigenvalue weighted by atomic mass is 9.98. The molecule has 152 valence electrons. The fourth-order valence-electron chi connectivity index (χ4n) is 3.35. The lowest BCUT2D eigenvalue weighted by Crippen LogP contribution is -2.26. The van der Waals surface area contributed by atoms with E-state index in [-0.39, 0.29) is 20.5 Å². The quantitative estimate of drug-likeness (QED) is 0.608. The van der Waals surface area contributed by atoms with Crippen LogP contribution in [-0.4, -0.2) is 30.6 Å². The van der Waals surface area contributed by atoms with Crippen molar-refractivity contribution in [3.8, 4) is 0 Å². The largest absolute Gasteiger partial charge is 0.417 e. The van der Waals surface area contributed by atoms with Crippen LogP contribution in [0.4, 0.5) is 18.9 Å². The number of hydrazone groups is 1. The number of nitrogens with zero attached hydrogens (tertiary/aromatic N) is 2. The van der Waals surface area contributed by atoms with Crippen molar-refractivity contribution < 1.29 is 22.8 Å². The van der Waals surface area contributed by atoms with Crippen LogP contribution in [0.3, 0.4) is 0 Å². The van der Waals surface area contributed by atoms with Crippen LogP contribution < -0.4 is 10.6 Å². The molecule has 2 aliphatic rings. The molecule has 2 heterocycles. The van der Waals surface area contributed by atoms with E-state index in [1.54, 1.807) is 28.7 Å². The van der Waals surface area contributed by atoms with E-state index in [1.807, 2.05) is 12.1 Å². The Hall–Kier alpha value is -2.18. The monoisotopic (exact) mass is 516 g/mol. The lowest BCUT2D eigenvalue weighted by molar-refractivity contribution is -0.138. The Balaban J connectivity index is 1.72. The minimum Gasteiger partial charge on any atom is -0.322 e. The summed E-state index contributed by atoms with van der Waals surface area (Å²) in [4.78, 5) is 18.0. The molecule has 0 atom stereocenters. The van der Waals surface area contributed by atoms with Crippen LogP contribution in [-0.2, 0) is 24.0 Å². The zero-order chi connectivity index (χ0) is 20.8. The molecule has 2 N–H and O–H groups in total. The van der Waals surface area contributed by atoms with Gasteiger partial charge in [-0.05, 0) is 64.9 Å². The maximum absolute atomic E-state index is 13.4. The summed E-state index contributed by atoms with van der Waals surface area (Å²) in [5.74, 6) is -0.317. The van der Waals surface area contributed by atoms with Gasteiger partial charge in [0.05, 0.1) is 18.2 Å². The maximum atomic E-state index is 13.4. The number of benzene rings is 2. The second-order valence-corrected chi connectivity index (χ2v) is 7.74. The molecule has 0 aliphatic carbocycles. The number of hydroxylamine groups is 1. The first-order valence-corrected chi connectivity index (χ1v) is 9.84. The molecule has 29 heavy (non-hydrogen) atoms. The van der Waals surface area contributed by atoms with Gasteiger partial charge < -0.3 is 10.6 Å². The third-order valence-corrected chi connectivity index (χ3v) is 5.68. The third kappa shape index (κ3) is 3.96. The maximum Gasteiger partial charge on any atom is 0.417 e. The average molecular weight is 516 g/mol. The Labute approximate surface area is 178 Å². The van der Waals surface area contributed by atoms with E-state index in [0.29, 0.717) is 12.2 Å². The molecule has 0 aromatic heterocycles. The molecule has 0 bridgehead atoms. The first-order valence-electron chi connectivity index (χ1n) is 8.76. The van der Waals surface area contributed by atoms with Gasteiger partial charge in [-0.15, -0.1) is 10.3 Å². The lowest BCUT2D eigenvalue weighted by Gasteiger charge is -2.21. The van der Waals surface area contributed by atoms with E-state index in [4.69, 9.17) is 4.84 Å². The Kier molecular flexibility index (Phi) is 5.25. The smallest absolute Gasteiger partial charge is 0.322 e. The van der Waals surface area contributed by atoms with Crippen molar-refractivity contribution in [3.63, 3.8) is 0 Å². The number of amides is 1. The normalized spacial score (nSPS) is 15.6. The Morgan fingerprint density at radius 1 is 1.34 bits per heavy atom. The second-order valence-electron chi connectivity index (χ2n) is 6.58. The van der Waals surface area contributed by atoms with Crippen LogP contribution in [0.15, 0.2) is 35.4 Å². The van der Waals surface area contributed by atoms with Crippen molar-refractivity contribution in [2.75, 3.05) is 19.0 Å². The van der Waals surface area contributed by atoms with Crippen molar-refractivity contribution in [2.24, 2.45) is 5.10 Å². The van der Waals surface area contributed by atoms with Crippen LogP contribution in [0.5, 0.6) is 0 Å². The molecule has 0 saturated carbocycles. The van der Waals surface area contributed by atoms with Crippen LogP contribution in [0.2, 0.25) is 0 Å². The standard InChI is InChI=1S/C19H16F3IN4O2/c1-29-27-17(26-27)12-7-14(19(20,21)22)15(23)8-13(12)18(28)25-16-4-2-3-10-9-24-6-5-11(10)16/h2-4,7-8,24H,5-6,9H2,1H3,(H,25,28). The van der Waals surface area contributed by atoms with Gasteiger partial charge in [-0.2, -0.15) is 13.2 Å². The molecule has 2 aromatic rings. The number of nitrogens with one attached hydrogen (secondary N) is 2. The van der Waals surface area contributed by atoms with Gasteiger partial charge in [0.2, 0.25) is 5.84 Å². The Bertz CT molecular complexity index is 1020. The summed E-state index contributed by atoms with van der Waals surface area (Å²) in [7, 11) is 1.35. The van der Waals surface area contributed by atoms with Gasteiger partial charge in [-0.1, -0.05) is 12.1 Å². The Morgan fingerprint density at radius 2 is 2.14 bits per heavy atom. The molecule has 4 rings (SSSR count). The molecule has 0 saturated heterocycles. The Morgan fingerprint density at radius 3 is 2.83 bits per heavy atom. The summed E-state index contributed by atoms with van der Waals surface area (Å²) in [5, 5.41) is 11.1. The summed E-state index contributed by atoms with van der Waals surface area (Å²) in [6.07, 6.45) is -3.79. The van der Waals surface area contributed by atoms with Crippen LogP contribution >= 0.6 is 22.6 Å². The molecule has 0 spiro atoms. The highest BCUT2D eigenvalue weighted by Crippen LogP contribution is 2.36. The summed E-state index contributed by atoms with van der Waals surface area (Å²) in [6.45, 7) is 1.50. The van der Waals surface area contributed by atoms with Crippen molar-refractivity contribution in [1.82, 2.24) is 10.5 Å². The van der Waals surface area contributed by atoms with Gasteiger partial charge in [-0.25, -0.2) is 0 Å². The number of halogens is 4. The van der Waals surface area contributed by atoms with Crippen molar-refractivity contribution in [3.05, 3.63) is 61.7 Å². The van der Waals surface area contributed by atoms with E-state index < -0.39 is 17.6 Å². The minimum absolute atomic E-state index is 0.0616. The van der Waals surface area contributed by atoms with Crippen LogP contribution in [0.25, 0.3) is 0 Å². The average Bonchev–Trinajstić information content (AvgIpc) is 3.47. The van der Waals surface area contributed by atoms with Gasteiger partial charge in [-0.3, -0.25) is 9.63 Å². The summed E-state index contributed by atoms with van der Waals surface area (Å²) in [6, 6.07) is 7.81. The van der Waals surface area contributed by atoms with Gasteiger partial charge in [0, 0.05) is 21.4 Å². The number of hydrogen-bond donors (Lipinski definition) is 2. The number of anilines is 1. The topological polar surface area (TPSA) is 65.7 Å². The molecule has 10 heteroatoms. The fraction of sp³-hybridized carbons (Fsp3) is 0.263. The molecular formula is C19H16F3IN4O2. The molecule has 0 radical (unpaired) electrons. The van der Waals surface area contributed by atoms with Gasteiger partial charge >= 0.3 is 6.18 Å². The van der Waals surface area contributed by atoms with Gasteiger partial charge in [0.25, 0.3) is 5.91 Å². The highest BCUT2D eigenvalue weighted by Gasteiger charge is 2.38. The first-order chi connectivity index (χ1) is 13.8. The van der Waals surface area contributed by atoms with E-state index in [2.05, 4.69) is 15.7 Å². The zero-order valence-electron chi connectivity index (χ0n) is 15.2. The molecule has 1 amide bonds. The van der Waals surface area contributed by atoms with Crippen LogP contribution in [0.1, 0.15) is 32.6 Å². The number of carbonyl (C=O) groups excluding carboxylic acids is 1. The zero-order valence-corrected chi connectivity index (χ0v) is 17.4. The van der Waals surface area contributed by atoms with E-state index in [9.17, 15) is 18.0 Å². The fourth-order valence-corrected chi connectivity index (χ4v) is 4.12. The number of rotatable bonds is 4. The highest BCUT2D eigenvalue weighted by molar-refractivity contribution is 14.1. The molecule has 0 unspecified atom stereocenters. The first kappa shape index (κ1) is 20.1. The number of fused-ring (bicyclic) bond motifs is 1. The third-order valence-electron chi connectivity index (χ3n) is 4.79. The van der Waals surface area contributed by atoms with E-state index in [0.717, 1.165) is 35.3 Å². The molecule has 2 aromatic carbocycles. The van der Waals surface area contributed by atoms with E-state index >= 15 is 0 Å². The van der Waals surface area contributed by atoms with Crippen molar-refractivity contribution in [1.29, 1.82) is 0 Å². The van der Waals surface area contributed by atoms with E-state index in [1.165, 1.54) is 13.2 Å². The van der Waals surface area contributed by atoms with Gasteiger partial charge in [0.15, 0.2) is 0 Å². The molecule has 2 aliphatic heterocycles. The SMILES string of the molecule is CON1N=C1c1cc(C(F)(F)F)c(I)cc1C(=O)Nc1cccc2c1CCNC2. The predicted molar refractivity (Wildman–Crippen MR) is 109 cm³/mol. The number of hydrogen-bond acceptors (Lipinski definition) is 5. The van der Waals surface area contributed by atoms with Gasteiger partial charge in [0.1, 0.15) is 0 Å². The molecular weight excluding hydrogens is 500 g/mol. The number of alkyl halides is 3. The predicted octanol–water partition coefficient (Wildman–Crippen LogP) is 3.75. The van der Waals surface area contributed by atoms with Crippen LogP contribution in [0, 0.1) is 3.57 Å². The van der Waals surface area contributed by atoms with Crippen molar-refractivity contribution >= 4 is 40.0 Å². The second kappa shape index (κ2) is 7.58. The highest BCUT2D eigenvalue weighted by atomic mass is 127. The molecule has 6 nitrogen and oxygen atoms in total. The minimum atomic E-state index is -4.54. The summed E-state index contributed by atoms with van der Waals surface area (Å²) >= 11 is 1.59. The number of carbonyl (C=O) groups is 1. The summed E-state index contributed by atoms with van der Waals surface area (Å²) in [5.41, 5.74) is 2.14.